The Morgan fingerprint density at radius 3 is 3.26 bits per heavy atom. The highest BCUT2D eigenvalue weighted by molar-refractivity contribution is 5.91. The summed E-state index contributed by atoms with van der Waals surface area (Å²) < 4.78 is 5.12. The second kappa shape index (κ2) is 4.35. The SMILES string of the molecule is CCOC(=O)C1=C2CCC=C3C=CC=NC32N(C)N1. The van der Waals surface area contributed by atoms with Crippen LogP contribution in [0.2, 0.25) is 0 Å². The number of nitrogens with one attached hydrogen (secondary N) is 1. The van der Waals surface area contributed by atoms with E-state index in [1.165, 1.54) is 0 Å². The second-order valence-electron chi connectivity index (χ2n) is 4.75. The summed E-state index contributed by atoms with van der Waals surface area (Å²) in [5, 5.41) is 1.89. The minimum Gasteiger partial charge on any atom is -0.461 e. The molecule has 1 N–H and O–H groups in total. The normalized spacial score (nSPS) is 28.6. The van der Waals surface area contributed by atoms with Crippen LogP contribution in [-0.4, -0.2) is 36.5 Å². The van der Waals surface area contributed by atoms with Gasteiger partial charge in [0, 0.05) is 18.8 Å². The minimum absolute atomic E-state index is 0.299. The van der Waals surface area contributed by atoms with Gasteiger partial charge in [0.05, 0.1) is 6.61 Å². The van der Waals surface area contributed by atoms with Crippen molar-refractivity contribution >= 4 is 12.2 Å². The molecule has 19 heavy (non-hydrogen) atoms. The first-order valence-corrected chi connectivity index (χ1v) is 6.54. The van der Waals surface area contributed by atoms with Gasteiger partial charge in [-0.15, -0.1) is 0 Å². The molecule has 2 aliphatic heterocycles. The lowest BCUT2D eigenvalue weighted by Crippen LogP contribution is -2.49. The van der Waals surface area contributed by atoms with Crippen molar-refractivity contribution in [1.29, 1.82) is 0 Å². The van der Waals surface area contributed by atoms with Gasteiger partial charge in [0.15, 0.2) is 5.66 Å². The average molecular weight is 259 g/mol. The van der Waals surface area contributed by atoms with Crippen LogP contribution in [0, 0.1) is 0 Å². The zero-order valence-electron chi connectivity index (χ0n) is 11.1. The highest BCUT2D eigenvalue weighted by atomic mass is 16.5. The first-order chi connectivity index (χ1) is 9.20. The van der Waals surface area contributed by atoms with Crippen molar-refractivity contribution < 1.29 is 9.53 Å². The lowest BCUT2D eigenvalue weighted by Gasteiger charge is -2.38. The Bertz CT molecular complexity index is 545. The number of dihydropyridines is 1. The maximum absolute atomic E-state index is 12.1. The molecule has 1 atom stereocenters. The van der Waals surface area contributed by atoms with Gasteiger partial charge in [-0.25, -0.2) is 4.79 Å². The molecule has 0 fully saturated rings. The number of hydrogen-bond donors (Lipinski definition) is 1. The van der Waals surface area contributed by atoms with E-state index in [9.17, 15) is 4.79 Å². The lowest BCUT2D eigenvalue weighted by atomic mass is 9.81. The average Bonchev–Trinajstić information content (AvgIpc) is 2.71. The fraction of sp³-hybridized carbons (Fsp3) is 0.429. The topological polar surface area (TPSA) is 53.9 Å². The number of nitrogens with zero attached hydrogens (tertiary/aromatic N) is 2. The van der Waals surface area contributed by atoms with Crippen molar-refractivity contribution in [2.75, 3.05) is 13.7 Å². The molecule has 100 valence electrons. The molecule has 1 aliphatic carbocycles. The van der Waals surface area contributed by atoms with E-state index in [0.29, 0.717) is 12.3 Å². The molecule has 2 heterocycles. The number of esters is 1. The molecule has 0 aromatic rings. The molecule has 1 unspecified atom stereocenters. The molecular weight excluding hydrogens is 242 g/mol. The predicted octanol–water partition coefficient (Wildman–Crippen LogP) is 1.31. The molecular formula is C14H17N3O2. The molecule has 1 spiro atoms. The number of aliphatic imine (C=N–C) groups is 1. The van der Waals surface area contributed by atoms with Gasteiger partial charge in [-0.2, -0.15) is 5.01 Å². The van der Waals surface area contributed by atoms with Crippen LogP contribution < -0.4 is 5.43 Å². The maximum Gasteiger partial charge on any atom is 0.355 e. The molecule has 0 amide bonds. The van der Waals surface area contributed by atoms with Gasteiger partial charge in [0.25, 0.3) is 0 Å². The zero-order chi connectivity index (χ0) is 13.5. The first-order valence-electron chi connectivity index (χ1n) is 6.54. The van der Waals surface area contributed by atoms with Crippen LogP contribution >= 0.6 is 0 Å². The molecule has 3 aliphatic rings. The largest absolute Gasteiger partial charge is 0.461 e. The number of rotatable bonds is 2. The third kappa shape index (κ3) is 1.58. The Morgan fingerprint density at radius 2 is 2.47 bits per heavy atom. The summed E-state index contributed by atoms with van der Waals surface area (Å²) in [6, 6.07) is 0. The van der Waals surface area contributed by atoms with Crippen molar-refractivity contribution in [1.82, 2.24) is 10.4 Å². The Kier molecular flexibility index (Phi) is 2.78. The molecule has 0 aromatic carbocycles. The van der Waals surface area contributed by atoms with Crippen LogP contribution in [0.3, 0.4) is 0 Å². The number of hydrazine groups is 1. The first kappa shape index (κ1) is 12.2. The van der Waals surface area contributed by atoms with Crippen molar-refractivity contribution in [3.8, 4) is 0 Å². The Balaban J connectivity index is 2.10. The number of ether oxygens (including phenoxy) is 1. The van der Waals surface area contributed by atoms with Crippen molar-refractivity contribution in [3.05, 3.63) is 35.1 Å². The molecule has 0 saturated heterocycles. The number of allylic oxidation sites excluding steroid dienone is 2. The van der Waals surface area contributed by atoms with E-state index in [4.69, 9.17) is 4.74 Å². The standard InChI is InChI=1S/C14H17N3O2/c1-3-19-13(18)12-11-8-4-6-10-7-5-9-15-14(10,11)17(2)16-12/h5-7,9,16H,3-4,8H2,1-2H3. The predicted molar refractivity (Wildman–Crippen MR) is 72.2 cm³/mol. The van der Waals surface area contributed by atoms with E-state index in [1.807, 2.05) is 25.1 Å². The summed E-state index contributed by atoms with van der Waals surface area (Å²) in [5.74, 6) is -0.299. The number of likely N-dealkylation sites (N-methyl/N-ethyl adjacent to an activating group) is 1. The summed E-state index contributed by atoms with van der Waals surface area (Å²) in [7, 11) is 1.90. The van der Waals surface area contributed by atoms with Crippen LogP contribution in [0.15, 0.2) is 40.1 Å². The van der Waals surface area contributed by atoms with Crippen LogP contribution in [0.1, 0.15) is 19.8 Å². The van der Waals surface area contributed by atoms with Gasteiger partial charge < -0.3 is 10.2 Å². The molecule has 3 rings (SSSR count). The van der Waals surface area contributed by atoms with Crippen LogP contribution in [0.5, 0.6) is 0 Å². The molecule has 5 heteroatoms. The van der Waals surface area contributed by atoms with Crippen LogP contribution in [0.25, 0.3) is 0 Å². The summed E-state index contributed by atoms with van der Waals surface area (Å²) in [6.07, 6.45) is 9.69. The third-order valence-electron chi connectivity index (χ3n) is 3.75. The van der Waals surface area contributed by atoms with Gasteiger partial charge in [0.1, 0.15) is 5.70 Å². The zero-order valence-corrected chi connectivity index (χ0v) is 11.1. The lowest BCUT2D eigenvalue weighted by molar-refractivity contribution is -0.139. The minimum atomic E-state index is -0.560. The Morgan fingerprint density at radius 1 is 1.63 bits per heavy atom. The van der Waals surface area contributed by atoms with Gasteiger partial charge in [-0.3, -0.25) is 4.99 Å². The van der Waals surface area contributed by atoms with E-state index >= 15 is 0 Å². The molecule has 0 saturated carbocycles. The fourth-order valence-electron chi connectivity index (χ4n) is 2.97. The second-order valence-corrected chi connectivity index (χ2v) is 4.75. The quantitative estimate of drug-likeness (QED) is 0.760. The monoisotopic (exact) mass is 259 g/mol. The fourth-order valence-corrected chi connectivity index (χ4v) is 2.97. The van der Waals surface area contributed by atoms with Crippen molar-refractivity contribution in [2.24, 2.45) is 4.99 Å². The van der Waals surface area contributed by atoms with E-state index < -0.39 is 5.66 Å². The van der Waals surface area contributed by atoms with Crippen LogP contribution in [0.4, 0.5) is 0 Å². The molecule has 5 nitrogen and oxygen atoms in total. The summed E-state index contributed by atoms with van der Waals surface area (Å²) in [4.78, 5) is 16.7. The third-order valence-corrected chi connectivity index (χ3v) is 3.75. The Hall–Kier alpha value is -1.88. The van der Waals surface area contributed by atoms with Gasteiger partial charge in [-0.05, 0) is 31.4 Å². The van der Waals surface area contributed by atoms with Gasteiger partial charge in [-0.1, -0.05) is 12.2 Å². The van der Waals surface area contributed by atoms with E-state index in [2.05, 4.69) is 22.6 Å². The summed E-state index contributed by atoms with van der Waals surface area (Å²) in [6.45, 7) is 2.19. The van der Waals surface area contributed by atoms with Crippen molar-refractivity contribution in [3.63, 3.8) is 0 Å². The Labute approximate surface area is 112 Å². The summed E-state index contributed by atoms with van der Waals surface area (Å²) >= 11 is 0. The van der Waals surface area contributed by atoms with Crippen molar-refractivity contribution in [2.45, 2.75) is 25.4 Å². The molecule has 0 aromatic heterocycles. The number of carbonyl (C=O) groups is 1. The number of hydrogen-bond acceptors (Lipinski definition) is 5. The molecule has 0 radical (unpaired) electrons. The maximum atomic E-state index is 12.1. The smallest absolute Gasteiger partial charge is 0.355 e. The van der Waals surface area contributed by atoms with Crippen LogP contribution in [-0.2, 0) is 9.53 Å². The van der Waals surface area contributed by atoms with Gasteiger partial charge >= 0.3 is 5.97 Å². The highest BCUT2D eigenvalue weighted by Crippen LogP contribution is 2.45. The molecule has 0 bridgehead atoms. The van der Waals surface area contributed by atoms with E-state index in [-0.39, 0.29) is 5.97 Å². The summed E-state index contributed by atoms with van der Waals surface area (Å²) in [5.41, 5.74) is 5.23. The van der Waals surface area contributed by atoms with E-state index in [1.54, 1.807) is 6.21 Å². The highest BCUT2D eigenvalue weighted by Gasteiger charge is 2.50. The van der Waals surface area contributed by atoms with Gasteiger partial charge in [0.2, 0.25) is 0 Å². The number of carbonyl (C=O) groups excluding carboxylic acids is 1. The van der Waals surface area contributed by atoms with E-state index in [0.717, 1.165) is 24.0 Å².